The summed E-state index contributed by atoms with van der Waals surface area (Å²) in [6.45, 7) is 2.81. The van der Waals surface area contributed by atoms with Crippen LogP contribution in [-0.2, 0) is 10.0 Å². The topological polar surface area (TPSA) is 63.4 Å². The monoisotopic (exact) mass is 343 g/mol. The van der Waals surface area contributed by atoms with Crippen molar-refractivity contribution in [1.82, 2.24) is 4.31 Å². The summed E-state index contributed by atoms with van der Waals surface area (Å²) in [5, 5.41) is 0. The van der Waals surface area contributed by atoms with Crippen molar-refractivity contribution in [2.75, 3.05) is 13.1 Å². The van der Waals surface area contributed by atoms with Crippen LogP contribution in [0.2, 0.25) is 0 Å². The van der Waals surface area contributed by atoms with E-state index in [2.05, 4.69) is 12.1 Å². The Morgan fingerprint density at radius 1 is 1.12 bits per heavy atom. The third-order valence-electron chi connectivity index (χ3n) is 4.50. The molecule has 0 amide bonds. The van der Waals surface area contributed by atoms with E-state index in [1.165, 1.54) is 5.56 Å². The lowest BCUT2D eigenvalue weighted by Crippen LogP contribution is -2.39. The molecule has 24 heavy (non-hydrogen) atoms. The number of hydrogen-bond acceptors (Lipinski definition) is 3. The van der Waals surface area contributed by atoms with Crippen molar-refractivity contribution in [3.63, 3.8) is 0 Å². The number of rotatable bonds is 4. The summed E-state index contributed by atoms with van der Waals surface area (Å²) in [6.07, 6.45) is 2.95. The highest BCUT2D eigenvalue weighted by Crippen LogP contribution is 2.30. The van der Waals surface area contributed by atoms with E-state index in [9.17, 15) is 8.42 Å². The van der Waals surface area contributed by atoms with Gasteiger partial charge in [0.2, 0.25) is 10.0 Å². The van der Waals surface area contributed by atoms with Gasteiger partial charge in [-0.25, -0.2) is 8.42 Å². The van der Waals surface area contributed by atoms with Gasteiger partial charge in [-0.3, -0.25) is 0 Å². The summed E-state index contributed by atoms with van der Waals surface area (Å²) in [5.41, 5.74) is 7.90. The smallest absolute Gasteiger partial charge is 0.243 e. The van der Waals surface area contributed by atoms with Gasteiger partial charge in [-0.1, -0.05) is 42.5 Å². The molecule has 127 valence electrons. The highest BCUT2D eigenvalue weighted by Gasteiger charge is 2.31. The second-order valence-electron chi connectivity index (χ2n) is 6.32. The number of nitrogens with zero attached hydrogens (tertiary/aromatic N) is 1. The third-order valence-corrected chi connectivity index (χ3v) is 6.33. The summed E-state index contributed by atoms with van der Waals surface area (Å²) in [5.74, 6) is 0.200. The standard InChI is InChI=1S/C19H23N2O2S/c1-15(20)17-9-5-11-19(13-17)24(22,23)21-12-6-10-18(14-21)16-7-3-2-4-8-16/h2-9,11,13,15,18H,10,12,14,20H2,1H3. The number of hydrogen-bond donors (Lipinski definition) is 1. The molecule has 1 aliphatic heterocycles. The van der Waals surface area contributed by atoms with E-state index < -0.39 is 10.0 Å². The van der Waals surface area contributed by atoms with Crippen molar-refractivity contribution in [3.8, 4) is 0 Å². The lowest BCUT2D eigenvalue weighted by atomic mass is 9.92. The molecule has 1 fully saturated rings. The molecule has 1 radical (unpaired) electrons. The van der Waals surface area contributed by atoms with Crippen LogP contribution in [0.25, 0.3) is 0 Å². The van der Waals surface area contributed by atoms with Crippen molar-refractivity contribution < 1.29 is 8.42 Å². The Labute approximate surface area is 144 Å². The van der Waals surface area contributed by atoms with Gasteiger partial charge < -0.3 is 5.73 Å². The van der Waals surface area contributed by atoms with E-state index in [0.29, 0.717) is 18.0 Å². The molecule has 3 rings (SSSR count). The quantitative estimate of drug-likeness (QED) is 0.928. The highest BCUT2D eigenvalue weighted by atomic mass is 32.2. The fourth-order valence-corrected chi connectivity index (χ4v) is 4.60. The maximum Gasteiger partial charge on any atom is 0.243 e. The first-order chi connectivity index (χ1) is 11.5. The SMILES string of the molecule is CC(N)c1cccc(S(=O)(=O)N2C[CH]CC(c3ccccc3)C2)c1. The Morgan fingerprint density at radius 2 is 1.88 bits per heavy atom. The minimum Gasteiger partial charge on any atom is -0.324 e. The normalized spacial score (nSPS) is 20.7. The molecule has 1 aliphatic rings. The van der Waals surface area contributed by atoms with Crippen molar-refractivity contribution in [3.05, 3.63) is 72.1 Å². The second-order valence-corrected chi connectivity index (χ2v) is 8.25. The maximum atomic E-state index is 13.0. The van der Waals surface area contributed by atoms with E-state index in [1.807, 2.05) is 37.6 Å². The van der Waals surface area contributed by atoms with Crippen molar-refractivity contribution in [1.29, 1.82) is 0 Å². The molecule has 2 aromatic rings. The molecule has 5 heteroatoms. The van der Waals surface area contributed by atoms with Gasteiger partial charge in [0.05, 0.1) is 4.90 Å². The average molecular weight is 343 g/mol. The second kappa shape index (κ2) is 7.05. The van der Waals surface area contributed by atoms with Gasteiger partial charge in [-0.05, 0) is 48.9 Å². The van der Waals surface area contributed by atoms with E-state index in [4.69, 9.17) is 5.73 Å². The summed E-state index contributed by atoms with van der Waals surface area (Å²) in [4.78, 5) is 0.319. The molecule has 0 saturated carbocycles. The van der Waals surface area contributed by atoms with Gasteiger partial charge >= 0.3 is 0 Å². The average Bonchev–Trinajstić information content (AvgIpc) is 2.62. The number of piperidine rings is 1. The van der Waals surface area contributed by atoms with Gasteiger partial charge in [-0.15, -0.1) is 0 Å². The van der Waals surface area contributed by atoms with Crippen LogP contribution < -0.4 is 5.73 Å². The first-order valence-corrected chi connectivity index (χ1v) is 9.65. The van der Waals surface area contributed by atoms with E-state index in [-0.39, 0.29) is 12.0 Å². The van der Waals surface area contributed by atoms with E-state index >= 15 is 0 Å². The van der Waals surface area contributed by atoms with Crippen molar-refractivity contribution in [2.24, 2.45) is 5.73 Å². The van der Waals surface area contributed by atoms with Crippen LogP contribution in [0.15, 0.2) is 59.5 Å². The fourth-order valence-electron chi connectivity index (χ4n) is 3.08. The zero-order valence-electron chi connectivity index (χ0n) is 13.8. The van der Waals surface area contributed by atoms with Gasteiger partial charge in [0.15, 0.2) is 0 Å². The number of nitrogens with two attached hydrogens (primary N) is 1. The minimum absolute atomic E-state index is 0.190. The predicted molar refractivity (Wildman–Crippen MR) is 95.9 cm³/mol. The molecule has 2 aromatic carbocycles. The molecule has 0 aromatic heterocycles. The molecule has 4 nitrogen and oxygen atoms in total. The summed E-state index contributed by atoms with van der Waals surface area (Å²) < 4.78 is 27.6. The van der Waals surface area contributed by atoms with Crippen molar-refractivity contribution >= 4 is 10.0 Å². The highest BCUT2D eigenvalue weighted by molar-refractivity contribution is 7.89. The van der Waals surface area contributed by atoms with Crippen LogP contribution in [-0.4, -0.2) is 25.8 Å². The lowest BCUT2D eigenvalue weighted by Gasteiger charge is -2.32. The molecule has 2 unspecified atom stereocenters. The lowest BCUT2D eigenvalue weighted by molar-refractivity contribution is 0.360. The molecule has 0 aliphatic carbocycles. The summed E-state index contributed by atoms with van der Waals surface area (Å²) >= 11 is 0. The Hall–Kier alpha value is -1.69. The van der Waals surface area contributed by atoms with Crippen LogP contribution in [0.5, 0.6) is 0 Å². The Morgan fingerprint density at radius 3 is 2.58 bits per heavy atom. The first-order valence-electron chi connectivity index (χ1n) is 8.21. The molecular formula is C19H23N2O2S. The Balaban J connectivity index is 1.85. The van der Waals surface area contributed by atoms with Crippen LogP contribution in [0.4, 0.5) is 0 Å². The molecular weight excluding hydrogens is 320 g/mol. The molecule has 2 atom stereocenters. The largest absolute Gasteiger partial charge is 0.324 e. The molecule has 0 bridgehead atoms. The Bertz CT molecular complexity index is 788. The minimum atomic E-state index is -3.51. The zero-order chi connectivity index (χ0) is 17.2. The summed E-state index contributed by atoms with van der Waals surface area (Å²) in [7, 11) is -3.51. The van der Waals surface area contributed by atoms with Crippen LogP contribution >= 0.6 is 0 Å². The first kappa shape index (κ1) is 17.1. The Kier molecular flexibility index (Phi) is 5.04. The molecule has 1 saturated heterocycles. The van der Waals surface area contributed by atoms with Gasteiger partial charge in [-0.2, -0.15) is 4.31 Å². The molecule has 2 N–H and O–H groups in total. The summed E-state index contributed by atoms with van der Waals surface area (Å²) in [6, 6.07) is 16.8. The van der Waals surface area contributed by atoms with E-state index in [1.54, 1.807) is 22.5 Å². The number of benzene rings is 2. The molecule has 1 heterocycles. The maximum absolute atomic E-state index is 13.0. The third kappa shape index (κ3) is 3.53. The van der Waals surface area contributed by atoms with Crippen molar-refractivity contribution in [2.45, 2.75) is 30.2 Å². The number of sulfonamides is 1. The van der Waals surface area contributed by atoms with Gasteiger partial charge in [0, 0.05) is 19.1 Å². The van der Waals surface area contributed by atoms with Crippen LogP contribution in [0.3, 0.4) is 0 Å². The fraction of sp³-hybridized carbons (Fsp3) is 0.316. The van der Waals surface area contributed by atoms with E-state index in [0.717, 1.165) is 12.0 Å². The van der Waals surface area contributed by atoms with Crippen LogP contribution in [0.1, 0.15) is 36.4 Å². The zero-order valence-corrected chi connectivity index (χ0v) is 14.6. The van der Waals surface area contributed by atoms with Gasteiger partial charge in [0.1, 0.15) is 0 Å². The van der Waals surface area contributed by atoms with Gasteiger partial charge in [0.25, 0.3) is 0 Å². The predicted octanol–water partition coefficient (Wildman–Crippen LogP) is 3.09. The van der Waals surface area contributed by atoms with Crippen LogP contribution in [0, 0.1) is 6.42 Å². The molecule has 0 spiro atoms.